The quantitative estimate of drug-likeness (QED) is 0.806. The van der Waals surface area contributed by atoms with Gasteiger partial charge in [0.25, 0.3) is 0 Å². The van der Waals surface area contributed by atoms with Crippen molar-refractivity contribution >= 4 is 21.6 Å². The maximum Gasteiger partial charge on any atom is 0.0992 e. The molecule has 1 aromatic rings. The number of ether oxygens (including phenoxy) is 1. The lowest BCUT2D eigenvalue weighted by atomic mass is 10.1. The molecule has 0 amide bonds. The first-order chi connectivity index (χ1) is 8.62. The van der Waals surface area contributed by atoms with E-state index < -0.39 is 0 Å². The van der Waals surface area contributed by atoms with Crippen LogP contribution in [0, 0.1) is 11.3 Å². The fourth-order valence-corrected chi connectivity index (χ4v) is 2.30. The molecular formula is C14H19BrN2O. The molecule has 98 valence electrons. The molecule has 0 aliphatic heterocycles. The molecule has 18 heavy (non-hydrogen) atoms. The van der Waals surface area contributed by atoms with Crippen molar-refractivity contribution in [2.45, 2.75) is 26.3 Å². The van der Waals surface area contributed by atoms with Gasteiger partial charge in [0.2, 0.25) is 0 Å². The Labute approximate surface area is 117 Å². The van der Waals surface area contributed by atoms with Crippen molar-refractivity contribution in [1.29, 1.82) is 5.26 Å². The molecule has 0 heterocycles. The van der Waals surface area contributed by atoms with Gasteiger partial charge in [-0.1, -0.05) is 22.9 Å². The van der Waals surface area contributed by atoms with E-state index in [1.807, 2.05) is 18.2 Å². The number of nitriles is 1. The Morgan fingerprint density at radius 1 is 1.44 bits per heavy atom. The summed E-state index contributed by atoms with van der Waals surface area (Å²) < 4.78 is 6.09. The summed E-state index contributed by atoms with van der Waals surface area (Å²) >= 11 is 3.45. The molecular weight excluding hydrogens is 292 g/mol. The van der Waals surface area contributed by atoms with Crippen molar-refractivity contribution in [3.8, 4) is 6.07 Å². The molecule has 1 atom stereocenters. The molecule has 0 aliphatic rings. The van der Waals surface area contributed by atoms with Gasteiger partial charge in [-0.05, 0) is 31.5 Å². The molecule has 3 nitrogen and oxygen atoms in total. The summed E-state index contributed by atoms with van der Waals surface area (Å²) in [4.78, 5) is 2.27. The summed E-state index contributed by atoms with van der Waals surface area (Å²) in [5.74, 6) is 0. The third-order valence-electron chi connectivity index (χ3n) is 3.00. The van der Waals surface area contributed by atoms with E-state index in [1.54, 1.807) is 7.11 Å². The minimum absolute atomic E-state index is 0.418. The van der Waals surface area contributed by atoms with Gasteiger partial charge in [-0.3, -0.25) is 0 Å². The van der Waals surface area contributed by atoms with Gasteiger partial charge in [-0.15, -0.1) is 0 Å². The van der Waals surface area contributed by atoms with Gasteiger partial charge in [-0.25, -0.2) is 0 Å². The smallest absolute Gasteiger partial charge is 0.0992 e. The van der Waals surface area contributed by atoms with E-state index in [0.29, 0.717) is 18.2 Å². The van der Waals surface area contributed by atoms with Crippen LogP contribution in [0.2, 0.25) is 0 Å². The van der Waals surface area contributed by atoms with Crippen molar-refractivity contribution in [2.24, 2.45) is 0 Å². The summed E-state index contributed by atoms with van der Waals surface area (Å²) in [6.45, 7) is 5.85. The summed E-state index contributed by atoms with van der Waals surface area (Å²) in [5.41, 5.74) is 1.73. The highest BCUT2D eigenvalue weighted by Crippen LogP contribution is 2.25. The average molecular weight is 311 g/mol. The summed E-state index contributed by atoms with van der Waals surface area (Å²) in [6, 6.07) is 8.40. The van der Waals surface area contributed by atoms with Crippen LogP contribution in [-0.4, -0.2) is 26.3 Å². The first-order valence-electron chi connectivity index (χ1n) is 6.08. The second kappa shape index (κ2) is 7.40. The number of anilines is 1. The fraction of sp³-hybridized carbons (Fsp3) is 0.500. The molecule has 1 unspecified atom stereocenters. The molecule has 1 rings (SSSR count). The van der Waals surface area contributed by atoms with Crippen LogP contribution in [-0.2, 0) is 4.74 Å². The second-order valence-electron chi connectivity index (χ2n) is 4.25. The molecule has 0 saturated heterocycles. The van der Waals surface area contributed by atoms with Gasteiger partial charge in [0, 0.05) is 29.9 Å². The van der Waals surface area contributed by atoms with Crippen LogP contribution >= 0.6 is 15.9 Å². The molecule has 4 heteroatoms. The number of nitrogens with zero attached hydrogens (tertiary/aromatic N) is 2. The number of benzene rings is 1. The van der Waals surface area contributed by atoms with Crippen molar-refractivity contribution in [3.05, 3.63) is 28.2 Å². The Bertz CT molecular complexity index is 428. The van der Waals surface area contributed by atoms with Crippen molar-refractivity contribution < 1.29 is 4.74 Å². The van der Waals surface area contributed by atoms with E-state index in [4.69, 9.17) is 10.00 Å². The highest BCUT2D eigenvalue weighted by molar-refractivity contribution is 9.10. The number of hydrogen-bond acceptors (Lipinski definition) is 3. The molecule has 0 aromatic heterocycles. The van der Waals surface area contributed by atoms with Crippen molar-refractivity contribution in [3.63, 3.8) is 0 Å². The zero-order valence-corrected chi connectivity index (χ0v) is 12.7. The van der Waals surface area contributed by atoms with Crippen LogP contribution in [0.25, 0.3) is 0 Å². The Morgan fingerprint density at radius 2 is 2.17 bits per heavy atom. The van der Waals surface area contributed by atoms with Gasteiger partial charge in [0.15, 0.2) is 0 Å². The van der Waals surface area contributed by atoms with Crippen LogP contribution in [0.5, 0.6) is 0 Å². The number of hydrogen-bond donors (Lipinski definition) is 0. The Morgan fingerprint density at radius 3 is 2.72 bits per heavy atom. The molecule has 0 radical (unpaired) electrons. The minimum Gasteiger partial charge on any atom is -0.383 e. The third kappa shape index (κ3) is 4.01. The summed E-state index contributed by atoms with van der Waals surface area (Å²) in [6.07, 6.45) is 1.05. The third-order valence-corrected chi connectivity index (χ3v) is 3.46. The highest BCUT2D eigenvalue weighted by Gasteiger charge is 2.14. The maximum absolute atomic E-state index is 9.03. The molecule has 0 aliphatic carbocycles. The van der Waals surface area contributed by atoms with Gasteiger partial charge in [-0.2, -0.15) is 5.26 Å². The molecule has 0 fully saturated rings. The van der Waals surface area contributed by atoms with Crippen LogP contribution in [0.4, 0.5) is 5.69 Å². The maximum atomic E-state index is 9.03. The first kappa shape index (κ1) is 15.0. The predicted octanol–water partition coefficient (Wildman–Crippen LogP) is 3.57. The van der Waals surface area contributed by atoms with Gasteiger partial charge >= 0.3 is 0 Å². The monoisotopic (exact) mass is 310 g/mol. The normalized spacial score (nSPS) is 11.9. The summed E-state index contributed by atoms with van der Waals surface area (Å²) in [5, 5.41) is 9.03. The Hall–Kier alpha value is -1.05. The number of halogens is 1. The second-order valence-corrected chi connectivity index (χ2v) is 5.17. The van der Waals surface area contributed by atoms with E-state index in [1.165, 1.54) is 0 Å². The molecule has 0 N–H and O–H groups in total. The van der Waals surface area contributed by atoms with Gasteiger partial charge in [0.1, 0.15) is 0 Å². The fourth-order valence-electron chi connectivity index (χ4n) is 1.82. The van der Waals surface area contributed by atoms with Crippen LogP contribution in [0.3, 0.4) is 0 Å². The standard InChI is InChI=1S/C14H19BrN2O/c1-4-11(2)17(5-6-18-3)14-8-12(10-16)7-13(15)9-14/h7-9,11H,4-6H2,1-3H3. The van der Waals surface area contributed by atoms with E-state index in [0.717, 1.165) is 23.1 Å². The minimum atomic E-state index is 0.418. The Kier molecular flexibility index (Phi) is 6.17. The summed E-state index contributed by atoms with van der Waals surface area (Å²) in [7, 11) is 1.70. The zero-order chi connectivity index (χ0) is 13.5. The lowest BCUT2D eigenvalue weighted by Crippen LogP contribution is -2.35. The SMILES string of the molecule is CCC(C)N(CCOC)c1cc(Br)cc(C#N)c1. The van der Waals surface area contributed by atoms with Crippen molar-refractivity contribution in [1.82, 2.24) is 0 Å². The first-order valence-corrected chi connectivity index (χ1v) is 6.88. The van der Waals surface area contributed by atoms with Gasteiger partial charge < -0.3 is 9.64 Å². The zero-order valence-electron chi connectivity index (χ0n) is 11.1. The van der Waals surface area contributed by atoms with Crippen LogP contribution < -0.4 is 4.90 Å². The van der Waals surface area contributed by atoms with E-state index in [9.17, 15) is 0 Å². The highest BCUT2D eigenvalue weighted by atomic mass is 79.9. The largest absolute Gasteiger partial charge is 0.383 e. The number of methoxy groups -OCH3 is 1. The molecule has 0 bridgehead atoms. The molecule has 0 spiro atoms. The van der Waals surface area contributed by atoms with E-state index in [2.05, 4.69) is 40.7 Å². The predicted molar refractivity (Wildman–Crippen MR) is 77.8 cm³/mol. The van der Waals surface area contributed by atoms with E-state index >= 15 is 0 Å². The number of rotatable bonds is 6. The average Bonchev–Trinajstić information content (AvgIpc) is 2.38. The van der Waals surface area contributed by atoms with E-state index in [-0.39, 0.29) is 0 Å². The van der Waals surface area contributed by atoms with Gasteiger partial charge in [0.05, 0.1) is 18.2 Å². The van der Waals surface area contributed by atoms with Crippen LogP contribution in [0.15, 0.2) is 22.7 Å². The molecule has 0 saturated carbocycles. The van der Waals surface area contributed by atoms with Crippen molar-refractivity contribution in [2.75, 3.05) is 25.2 Å². The molecule has 1 aromatic carbocycles. The van der Waals surface area contributed by atoms with Crippen LogP contribution in [0.1, 0.15) is 25.8 Å². The lowest BCUT2D eigenvalue weighted by Gasteiger charge is -2.31. The Balaban J connectivity index is 3.04. The lowest BCUT2D eigenvalue weighted by molar-refractivity contribution is 0.203. The topological polar surface area (TPSA) is 36.3 Å².